The summed E-state index contributed by atoms with van der Waals surface area (Å²) >= 11 is 3.28. The number of rotatable bonds is 4. The van der Waals surface area contributed by atoms with Crippen molar-refractivity contribution in [3.63, 3.8) is 0 Å². The number of hydrogen-bond acceptors (Lipinski definition) is 3. The van der Waals surface area contributed by atoms with Crippen LogP contribution in [0.4, 0.5) is 0 Å². The number of benzene rings is 1. The fourth-order valence-corrected chi connectivity index (χ4v) is 1.61. The second kappa shape index (κ2) is 5.68. The predicted octanol–water partition coefficient (Wildman–Crippen LogP) is 3.43. The monoisotopic (exact) mass is 293 g/mol. The maximum Gasteiger partial charge on any atom is 0.138 e. The van der Waals surface area contributed by atoms with E-state index in [4.69, 9.17) is 9.47 Å². The lowest BCUT2D eigenvalue weighted by atomic mass is 10.2. The summed E-state index contributed by atoms with van der Waals surface area (Å²) in [5.74, 6) is 1.58. The van der Waals surface area contributed by atoms with Crippen molar-refractivity contribution in [3.8, 4) is 11.5 Å². The third kappa shape index (κ3) is 3.46. The molecule has 0 atom stereocenters. The number of ether oxygens (including phenoxy) is 2. The van der Waals surface area contributed by atoms with Crippen LogP contribution < -0.4 is 9.47 Å². The smallest absolute Gasteiger partial charge is 0.138 e. The number of halogens is 1. The van der Waals surface area contributed by atoms with Gasteiger partial charge in [0.2, 0.25) is 0 Å². The Morgan fingerprint density at radius 1 is 1.18 bits per heavy atom. The van der Waals surface area contributed by atoms with Gasteiger partial charge in [-0.15, -0.1) is 0 Å². The lowest BCUT2D eigenvalue weighted by molar-refractivity contribution is 0.304. The number of pyridine rings is 1. The van der Waals surface area contributed by atoms with E-state index in [1.807, 2.05) is 36.4 Å². The summed E-state index contributed by atoms with van der Waals surface area (Å²) in [5.41, 5.74) is 1.06. The van der Waals surface area contributed by atoms with Crippen molar-refractivity contribution in [2.24, 2.45) is 0 Å². The number of methoxy groups -OCH3 is 1. The molecule has 88 valence electrons. The highest BCUT2D eigenvalue weighted by Gasteiger charge is 1.98. The van der Waals surface area contributed by atoms with Crippen LogP contribution in [0.3, 0.4) is 0 Å². The molecule has 0 N–H and O–H groups in total. The Bertz CT molecular complexity index is 485. The third-order valence-electron chi connectivity index (χ3n) is 2.24. The first-order valence-corrected chi connectivity index (χ1v) is 5.94. The highest BCUT2D eigenvalue weighted by molar-refractivity contribution is 9.10. The quantitative estimate of drug-likeness (QED) is 0.810. The standard InChI is InChI=1S/C13H12BrNO2/c1-16-11-4-2-3-10(7-11)9-17-12-5-6-13(14)15-8-12/h2-8H,9H2,1H3. The molecule has 0 fully saturated rings. The van der Waals surface area contributed by atoms with Crippen molar-refractivity contribution < 1.29 is 9.47 Å². The van der Waals surface area contributed by atoms with Gasteiger partial charge in [0.1, 0.15) is 22.7 Å². The summed E-state index contributed by atoms with van der Waals surface area (Å²) in [6.45, 7) is 0.501. The van der Waals surface area contributed by atoms with Crippen molar-refractivity contribution in [2.75, 3.05) is 7.11 Å². The lowest BCUT2D eigenvalue weighted by Crippen LogP contribution is -1.96. The Morgan fingerprint density at radius 2 is 2.06 bits per heavy atom. The summed E-state index contributed by atoms with van der Waals surface area (Å²) in [6.07, 6.45) is 1.68. The van der Waals surface area contributed by atoms with Crippen LogP contribution in [0.2, 0.25) is 0 Å². The largest absolute Gasteiger partial charge is 0.497 e. The molecule has 1 aromatic heterocycles. The van der Waals surface area contributed by atoms with E-state index in [1.54, 1.807) is 13.3 Å². The molecule has 0 saturated carbocycles. The van der Waals surface area contributed by atoms with Crippen molar-refractivity contribution >= 4 is 15.9 Å². The van der Waals surface area contributed by atoms with Crippen LogP contribution >= 0.6 is 15.9 Å². The first kappa shape index (κ1) is 11.9. The molecule has 1 heterocycles. The topological polar surface area (TPSA) is 31.4 Å². The summed E-state index contributed by atoms with van der Waals surface area (Å²) in [7, 11) is 1.65. The zero-order chi connectivity index (χ0) is 12.1. The number of hydrogen-bond donors (Lipinski definition) is 0. The van der Waals surface area contributed by atoms with Gasteiger partial charge < -0.3 is 9.47 Å². The lowest BCUT2D eigenvalue weighted by Gasteiger charge is -2.07. The molecule has 1 aromatic carbocycles. The minimum atomic E-state index is 0.501. The van der Waals surface area contributed by atoms with Crippen molar-refractivity contribution in [1.82, 2.24) is 4.98 Å². The summed E-state index contributed by atoms with van der Waals surface area (Å²) in [6, 6.07) is 11.5. The van der Waals surface area contributed by atoms with Crippen LogP contribution in [-0.4, -0.2) is 12.1 Å². The zero-order valence-electron chi connectivity index (χ0n) is 9.39. The van der Waals surface area contributed by atoms with E-state index in [2.05, 4.69) is 20.9 Å². The molecule has 0 aliphatic heterocycles. The Hall–Kier alpha value is -1.55. The minimum Gasteiger partial charge on any atom is -0.497 e. The molecular weight excluding hydrogens is 282 g/mol. The first-order valence-electron chi connectivity index (χ1n) is 5.15. The Kier molecular flexibility index (Phi) is 3.98. The SMILES string of the molecule is COc1cccc(COc2ccc(Br)nc2)c1. The van der Waals surface area contributed by atoms with E-state index in [-0.39, 0.29) is 0 Å². The molecule has 0 unspecified atom stereocenters. The van der Waals surface area contributed by atoms with Gasteiger partial charge in [0.15, 0.2) is 0 Å². The summed E-state index contributed by atoms with van der Waals surface area (Å²) in [4.78, 5) is 4.09. The highest BCUT2D eigenvalue weighted by atomic mass is 79.9. The summed E-state index contributed by atoms with van der Waals surface area (Å²) in [5, 5.41) is 0. The van der Waals surface area contributed by atoms with E-state index in [0.29, 0.717) is 6.61 Å². The fourth-order valence-electron chi connectivity index (χ4n) is 1.38. The van der Waals surface area contributed by atoms with Gasteiger partial charge in [-0.05, 0) is 45.8 Å². The van der Waals surface area contributed by atoms with Gasteiger partial charge in [0.05, 0.1) is 13.3 Å². The van der Waals surface area contributed by atoms with Crippen LogP contribution in [0.1, 0.15) is 5.56 Å². The van der Waals surface area contributed by atoms with Crippen molar-refractivity contribution in [2.45, 2.75) is 6.61 Å². The molecular formula is C13H12BrNO2. The molecule has 0 radical (unpaired) electrons. The second-order valence-corrected chi connectivity index (χ2v) is 4.27. The van der Waals surface area contributed by atoms with Crippen molar-refractivity contribution in [3.05, 3.63) is 52.8 Å². The van der Waals surface area contributed by atoms with Crippen LogP contribution in [0, 0.1) is 0 Å². The van der Waals surface area contributed by atoms with E-state index in [9.17, 15) is 0 Å². The molecule has 0 amide bonds. The molecule has 4 heteroatoms. The Morgan fingerprint density at radius 3 is 2.76 bits per heavy atom. The molecule has 3 nitrogen and oxygen atoms in total. The maximum atomic E-state index is 5.61. The Balaban J connectivity index is 1.99. The number of aromatic nitrogens is 1. The predicted molar refractivity (Wildman–Crippen MR) is 69.3 cm³/mol. The molecule has 2 aromatic rings. The van der Waals surface area contributed by atoms with E-state index in [1.165, 1.54) is 0 Å². The van der Waals surface area contributed by atoms with Gasteiger partial charge in [-0.1, -0.05) is 12.1 Å². The average molecular weight is 294 g/mol. The molecule has 0 bridgehead atoms. The first-order chi connectivity index (χ1) is 8.28. The van der Waals surface area contributed by atoms with Crippen LogP contribution in [-0.2, 0) is 6.61 Å². The van der Waals surface area contributed by atoms with Gasteiger partial charge >= 0.3 is 0 Å². The zero-order valence-corrected chi connectivity index (χ0v) is 11.0. The van der Waals surface area contributed by atoms with E-state index >= 15 is 0 Å². The molecule has 0 aliphatic carbocycles. The van der Waals surface area contributed by atoms with E-state index in [0.717, 1.165) is 21.7 Å². The van der Waals surface area contributed by atoms with Gasteiger partial charge in [-0.2, -0.15) is 0 Å². The maximum absolute atomic E-state index is 5.61. The van der Waals surface area contributed by atoms with Crippen LogP contribution in [0.15, 0.2) is 47.2 Å². The van der Waals surface area contributed by atoms with Gasteiger partial charge in [-0.3, -0.25) is 0 Å². The second-order valence-electron chi connectivity index (χ2n) is 3.46. The molecule has 2 rings (SSSR count). The molecule has 0 saturated heterocycles. The Labute approximate surface area is 109 Å². The fraction of sp³-hybridized carbons (Fsp3) is 0.154. The third-order valence-corrected chi connectivity index (χ3v) is 2.71. The van der Waals surface area contributed by atoms with Crippen LogP contribution in [0.5, 0.6) is 11.5 Å². The van der Waals surface area contributed by atoms with Gasteiger partial charge in [-0.25, -0.2) is 4.98 Å². The normalized spacial score (nSPS) is 10.0. The highest BCUT2D eigenvalue weighted by Crippen LogP contribution is 2.17. The summed E-state index contributed by atoms with van der Waals surface area (Å²) < 4.78 is 11.6. The van der Waals surface area contributed by atoms with Gasteiger partial charge in [0.25, 0.3) is 0 Å². The molecule has 0 spiro atoms. The van der Waals surface area contributed by atoms with Crippen LogP contribution in [0.25, 0.3) is 0 Å². The van der Waals surface area contributed by atoms with Crippen molar-refractivity contribution in [1.29, 1.82) is 0 Å². The minimum absolute atomic E-state index is 0.501. The van der Waals surface area contributed by atoms with Gasteiger partial charge in [0, 0.05) is 0 Å². The average Bonchev–Trinajstić information content (AvgIpc) is 2.38. The number of nitrogens with zero attached hydrogens (tertiary/aromatic N) is 1. The molecule has 17 heavy (non-hydrogen) atoms. The molecule has 0 aliphatic rings. The van der Waals surface area contributed by atoms with E-state index < -0.39 is 0 Å².